The molecule has 4 rings (SSSR count). The Bertz CT molecular complexity index is 618. The summed E-state index contributed by atoms with van der Waals surface area (Å²) in [4.78, 5) is 17.5. The highest BCUT2D eigenvalue weighted by Crippen LogP contribution is 2.38. The second-order valence-electron chi connectivity index (χ2n) is 8.10. The van der Waals surface area contributed by atoms with Crippen LogP contribution in [0.2, 0.25) is 0 Å². The quantitative estimate of drug-likeness (QED) is 0.840. The van der Waals surface area contributed by atoms with Crippen LogP contribution in [0.4, 0.5) is 0 Å². The lowest BCUT2D eigenvalue weighted by Gasteiger charge is -2.40. The summed E-state index contributed by atoms with van der Waals surface area (Å²) in [6.45, 7) is 9.60. The SMILES string of the molecule is Cc1noc(C)c1C(=O)N1CCCC2(CC(CN3CCCC3)CO2)C1. The van der Waals surface area contributed by atoms with E-state index in [0.717, 1.165) is 39.0 Å². The van der Waals surface area contributed by atoms with Gasteiger partial charge in [-0.2, -0.15) is 0 Å². The number of hydrogen-bond donors (Lipinski definition) is 0. The van der Waals surface area contributed by atoms with Crippen LogP contribution in [0.1, 0.15) is 53.9 Å². The summed E-state index contributed by atoms with van der Waals surface area (Å²) in [5, 5.41) is 3.93. The van der Waals surface area contributed by atoms with E-state index in [9.17, 15) is 4.79 Å². The summed E-state index contributed by atoms with van der Waals surface area (Å²) in [5.74, 6) is 1.26. The highest BCUT2D eigenvalue weighted by Gasteiger charge is 2.45. The second-order valence-corrected chi connectivity index (χ2v) is 8.10. The zero-order valence-corrected chi connectivity index (χ0v) is 15.4. The Balaban J connectivity index is 1.41. The molecule has 3 saturated heterocycles. The van der Waals surface area contributed by atoms with Gasteiger partial charge in [0.2, 0.25) is 0 Å². The molecule has 1 aromatic heterocycles. The van der Waals surface area contributed by atoms with Crippen molar-refractivity contribution in [3.8, 4) is 0 Å². The van der Waals surface area contributed by atoms with Gasteiger partial charge < -0.3 is 19.1 Å². The van der Waals surface area contributed by atoms with Crippen molar-refractivity contribution < 1.29 is 14.1 Å². The van der Waals surface area contributed by atoms with Crippen molar-refractivity contribution in [2.75, 3.05) is 39.3 Å². The van der Waals surface area contributed by atoms with Crippen LogP contribution in [-0.4, -0.2) is 65.8 Å². The Morgan fingerprint density at radius 3 is 2.76 bits per heavy atom. The average Bonchev–Trinajstić information content (AvgIpc) is 3.31. The number of likely N-dealkylation sites (tertiary alicyclic amines) is 2. The Morgan fingerprint density at radius 2 is 2.04 bits per heavy atom. The summed E-state index contributed by atoms with van der Waals surface area (Å²) >= 11 is 0. The molecule has 3 aliphatic rings. The van der Waals surface area contributed by atoms with Crippen molar-refractivity contribution >= 4 is 5.91 Å². The number of rotatable bonds is 3. The number of piperidine rings is 1. The number of aryl methyl sites for hydroxylation is 2. The first-order valence-corrected chi connectivity index (χ1v) is 9.65. The van der Waals surface area contributed by atoms with Gasteiger partial charge in [-0.1, -0.05) is 5.16 Å². The molecule has 0 bridgehead atoms. The number of carbonyl (C=O) groups excluding carboxylic acids is 1. The maximum absolute atomic E-state index is 13.0. The van der Waals surface area contributed by atoms with E-state index in [2.05, 4.69) is 10.1 Å². The van der Waals surface area contributed by atoms with E-state index in [-0.39, 0.29) is 11.5 Å². The molecular formula is C19H29N3O3. The zero-order chi connectivity index (χ0) is 17.4. The van der Waals surface area contributed by atoms with Crippen LogP contribution in [0.5, 0.6) is 0 Å². The van der Waals surface area contributed by atoms with Gasteiger partial charge in [0.1, 0.15) is 11.3 Å². The molecule has 1 spiro atoms. The molecule has 0 saturated carbocycles. The minimum Gasteiger partial charge on any atom is -0.373 e. The zero-order valence-electron chi connectivity index (χ0n) is 15.4. The van der Waals surface area contributed by atoms with E-state index < -0.39 is 0 Å². The fourth-order valence-electron chi connectivity index (χ4n) is 4.89. The number of amides is 1. The fourth-order valence-corrected chi connectivity index (χ4v) is 4.89. The maximum atomic E-state index is 13.0. The number of carbonyl (C=O) groups is 1. The first-order chi connectivity index (χ1) is 12.1. The van der Waals surface area contributed by atoms with Gasteiger partial charge in [-0.05, 0) is 65.0 Å². The summed E-state index contributed by atoms with van der Waals surface area (Å²) < 4.78 is 11.5. The molecule has 6 nitrogen and oxygen atoms in total. The van der Waals surface area contributed by atoms with Gasteiger partial charge in [0, 0.05) is 19.6 Å². The summed E-state index contributed by atoms with van der Waals surface area (Å²) in [5.41, 5.74) is 1.17. The molecule has 1 aromatic rings. The predicted octanol–water partition coefficient (Wildman–Crippen LogP) is 2.40. The van der Waals surface area contributed by atoms with Crippen LogP contribution in [0, 0.1) is 19.8 Å². The number of aromatic nitrogens is 1. The van der Waals surface area contributed by atoms with Crippen LogP contribution in [0.15, 0.2) is 4.52 Å². The van der Waals surface area contributed by atoms with Gasteiger partial charge in [0.25, 0.3) is 5.91 Å². The normalized spacial score (nSPS) is 30.5. The standard InChI is InChI=1S/C19H29N3O3/c1-14-17(15(2)25-20-14)18(23)22-9-5-6-19(13-22)10-16(12-24-19)11-21-7-3-4-8-21/h16H,3-13H2,1-2H3. The van der Waals surface area contributed by atoms with Gasteiger partial charge in [0.05, 0.1) is 17.9 Å². The maximum Gasteiger partial charge on any atom is 0.259 e. The summed E-state index contributed by atoms with van der Waals surface area (Å²) in [7, 11) is 0. The molecule has 3 fully saturated rings. The molecular weight excluding hydrogens is 318 g/mol. The molecule has 25 heavy (non-hydrogen) atoms. The van der Waals surface area contributed by atoms with Gasteiger partial charge in [-0.25, -0.2) is 0 Å². The van der Waals surface area contributed by atoms with Crippen LogP contribution >= 0.6 is 0 Å². The minimum atomic E-state index is -0.142. The fraction of sp³-hybridized carbons (Fsp3) is 0.789. The molecule has 1 amide bonds. The van der Waals surface area contributed by atoms with Gasteiger partial charge in [-0.15, -0.1) is 0 Å². The Hall–Kier alpha value is -1.40. The topological polar surface area (TPSA) is 58.8 Å². The molecule has 0 aliphatic carbocycles. The highest BCUT2D eigenvalue weighted by atomic mass is 16.5. The van der Waals surface area contributed by atoms with Gasteiger partial charge in [0.15, 0.2) is 0 Å². The average molecular weight is 347 g/mol. The molecule has 2 unspecified atom stereocenters. The van der Waals surface area contributed by atoms with Crippen molar-refractivity contribution in [3.63, 3.8) is 0 Å². The Morgan fingerprint density at radius 1 is 1.24 bits per heavy atom. The van der Waals surface area contributed by atoms with Gasteiger partial charge in [-0.3, -0.25) is 4.79 Å². The lowest BCUT2D eigenvalue weighted by Crippen LogP contribution is -2.50. The number of ether oxygens (including phenoxy) is 1. The summed E-state index contributed by atoms with van der Waals surface area (Å²) in [6.07, 6.45) is 5.81. The van der Waals surface area contributed by atoms with Crippen molar-refractivity contribution in [2.24, 2.45) is 5.92 Å². The Labute approximate surface area is 149 Å². The van der Waals surface area contributed by atoms with Crippen molar-refractivity contribution in [2.45, 2.75) is 51.6 Å². The summed E-state index contributed by atoms with van der Waals surface area (Å²) in [6, 6.07) is 0. The molecule has 2 atom stereocenters. The van der Waals surface area contributed by atoms with E-state index in [1.54, 1.807) is 0 Å². The predicted molar refractivity (Wildman–Crippen MR) is 93.6 cm³/mol. The first kappa shape index (κ1) is 17.0. The second kappa shape index (κ2) is 6.72. The van der Waals surface area contributed by atoms with Crippen LogP contribution in [0.3, 0.4) is 0 Å². The van der Waals surface area contributed by atoms with Crippen LogP contribution in [-0.2, 0) is 4.74 Å². The first-order valence-electron chi connectivity index (χ1n) is 9.65. The van der Waals surface area contributed by atoms with Crippen molar-refractivity contribution in [1.29, 1.82) is 0 Å². The lowest BCUT2D eigenvalue weighted by molar-refractivity contribution is -0.0451. The smallest absolute Gasteiger partial charge is 0.259 e. The largest absolute Gasteiger partial charge is 0.373 e. The molecule has 0 aromatic carbocycles. The molecule has 6 heteroatoms. The van der Waals surface area contributed by atoms with Gasteiger partial charge >= 0.3 is 0 Å². The highest BCUT2D eigenvalue weighted by molar-refractivity contribution is 5.96. The molecule has 0 radical (unpaired) electrons. The minimum absolute atomic E-state index is 0.0434. The number of hydrogen-bond acceptors (Lipinski definition) is 5. The van der Waals surface area contributed by atoms with Crippen LogP contribution in [0.25, 0.3) is 0 Å². The van der Waals surface area contributed by atoms with E-state index in [4.69, 9.17) is 9.26 Å². The molecule has 4 heterocycles. The monoisotopic (exact) mass is 347 g/mol. The third kappa shape index (κ3) is 3.34. The van der Waals surface area contributed by atoms with E-state index in [1.165, 1.54) is 25.9 Å². The van der Waals surface area contributed by atoms with E-state index >= 15 is 0 Å². The molecule has 0 N–H and O–H groups in total. The number of nitrogens with zero attached hydrogens (tertiary/aromatic N) is 3. The van der Waals surface area contributed by atoms with E-state index in [1.807, 2.05) is 18.7 Å². The Kier molecular flexibility index (Phi) is 4.58. The van der Waals surface area contributed by atoms with Crippen molar-refractivity contribution in [1.82, 2.24) is 15.0 Å². The van der Waals surface area contributed by atoms with Crippen molar-refractivity contribution in [3.05, 3.63) is 17.0 Å². The van der Waals surface area contributed by atoms with E-state index in [0.29, 0.717) is 29.5 Å². The third-order valence-corrected chi connectivity index (χ3v) is 6.07. The molecule has 3 aliphatic heterocycles. The molecule has 138 valence electrons. The van der Waals surface area contributed by atoms with Crippen LogP contribution < -0.4 is 0 Å². The third-order valence-electron chi connectivity index (χ3n) is 6.07. The lowest BCUT2D eigenvalue weighted by atomic mass is 9.86.